The molecule has 0 saturated carbocycles. The van der Waals surface area contributed by atoms with Crippen molar-refractivity contribution in [3.63, 3.8) is 0 Å². The van der Waals surface area contributed by atoms with E-state index in [1.807, 2.05) is 0 Å². The second kappa shape index (κ2) is 3.49. The molecule has 0 radical (unpaired) electrons. The highest BCUT2D eigenvalue weighted by Crippen LogP contribution is 2.17. The van der Waals surface area contributed by atoms with E-state index in [9.17, 15) is 0 Å². The first-order valence-corrected chi connectivity index (χ1v) is 4.85. The van der Waals surface area contributed by atoms with Gasteiger partial charge < -0.3 is 0 Å². The van der Waals surface area contributed by atoms with Gasteiger partial charge in [0, 0.05) is 24.8 Å². The summed E-state index contributed by atoms with van der Waals surface area (Å²) in [5.41, 5.74) is 1.14. The van der Waals surface area contributed by atoms with Gasteiger partial charge in [-0.05, 0) is 0 Å². The molecule has 0 aliphatic heterocycles. The van der Waals surface area contributed by atoms with Crippen molar-refractivity contribution in [1.29, 1.82) is 0 Å². The third kappa shape index (κ3) is 1.31. The molecule has 6 nitrogen and oxygen atoms in total. The smallest absolute Gasteiger partial charge is 0.198 e. The van der Waals surface area contributed by atoms with E-state index >= 15 is 0 Å². The Bertz CT molecular complexity index is 635. The number of aromatic nitrogens is 6. The Kier molecular flexibility index (Phi) is 2.00. The molecule has 3 rings (SSSR count). The van der Waals surface area contributed by atoms with Gasteiger partial charge in [0.15, 0.2) is 16.6 Å². The predicted molar refractivity (Wildman–Crippen MR) is 56.8 cm³/mol. The molecule has 0 aromatic carbocycles. The molecule has 0 amide bonds. The minimum Gasteiger partial charge on any atom is -0.277 e. The SMILES string of the molecule is Clc1nccn2c(-c3cnccn3)nnc12. The quantitative estimate of drug-likeness (QED) is 0.631. The molecule has 0 N–H and O–H groups in total. The minimum absolute atomic E-state index is 0.310. The fourth-order valence-electron chi connectivity index (χ4n) is 1.39. The fourth-order valence-corrected chi connectivity index (χ4v) is 1.57. The number of hydrogen-bond acceptors (Lipinski definition) is 5. The first-order chi connectivity index (χ1) is 7.86. The van der Waals surface area contributed by atoms with Gasteiger partial charge in [0.05, 0.1) is 6.20 Å². The van der Waals surface area contributed by atoms with Crippen LogP contribution in [0.3, 0.4) is 0 Å². The van der Waals surface area contributed by atoms with Crippen molar-refractivity contribution in [2.75, 3.05) is 0 Å². The Morgan fingerprint density at radius 1 is 1.06 bits per heavy atom. The number of nitrogens with zero attached hydrogens (tertiary/aromatic N) is 6. The first kappa shape index (κ1) is 9.17. The van der Waals surface area contributed by atoms with Crippen LogP contribution in [0.1, 0.15) is 0 Å². The topological polar surface area (TPSA) is 68.9 Å². The summed E-state index contributed by atoms with van der Waals surface area (Å²) in [5, 5.41) is 8.27. The van der Waals surface area contributed by atoms with Crippen molar-refractivity contribution in [1.82, 2.24) is 29.5 Å². The maximum atomic E-state index is 5.89. The van der Waals surface area contributed by atoms with E-state index in [1.165, 1.54) is 0 Å². The van der Waals surface area contributed by atoms with Crippen LogP contribution in [0.2, 0.25) is 5.15 Å². The van der Waals surface area contributed by atoms with E-state index in [4.69, 9.17) is 11.6 Å². The number of fused-ring (bicyclic) bond motifs is 1. The van der Waals surface area contributed by atoms with E-state index < -0.39 is 0 Å². The van der Waals surface area contributed by atoms with Gasteiger partial charge in [0.25, 0.3) is 0 Å². The van der Waals surface area contributed by atoms with Crippen molar-refractivity contribution in [2.24, 2.45) is 0 Å². The Hall–Kier alpha value is -2.08. The average molecular weight is 233 g/mol. The summed E-state index contributed by atoms with van der Waals surface area (Å²) in [6.07, 6.45) is 8.12. The van der Waals surface area contributed by atoms with Crippen LogP contribution in [0.4, 0.5) is 0 Å². The van der Waals surface area contributed by atoms with Gasteiger partial charge in [-0.2, -0.15) is 0 Å². The molecule has 0 unspecified atom stereocenters. The van der Waals surface area contributed by atoms with Gasteiger partial charge in [-0.25, -0.2) is 9.97 Å². The highest BCUT2D eigenvalue weighted by Gasteiger charge is 2.11. The number of hydrogen-bond donors (Lipinski definition) is 0. The molecule has 0 bridgehead atoms. The van der Waals surface area contributed by atoms with Crippen LogP contribution in [0.15, 0.2) is 31.0 Å². The maximum absolute atomic E-state index is 5.89. The number of rotatable bonds is 1. The molecule has 0 aliphatic rings. The van der Waals surface area contributed by atoms with Crippen molar-refractivity contribution in [3.05, 3.63) is 36.1 Å². The van der Waals surface area contributed by atoms with Gasteiger partial charge in [0.2, 0.25) is 0 Å². The highest BCUT2D eigenvalue weighted by atomic mass is 35.5. The summed E-state index contributed by atoms with van der Waals surface area (Å²) in [5.74, 6) is 0.590. The lowest BCUT2D eigenvalue weighted by Gasteiger charge is -1.97. The molecule has 16 heavy (non-hydrogen) atoms. The fraction of sp³-hybridized carbons (Fsp3) is 0. The summed E-state index contributed by atoms with van der Waals surface area (Å²) in [4.78, 5) is 12.0. The zero-order valence-corrected chi connectivity index (χ0v) is 8.70. The van der Waals surface area contributed by atoms with Crippen molar-refractivity contribution >= 4 is 17.2 Å². The zero-order valence-electron chi connectivity index (χ0n) is 7.95. The second-order valence-electron chi connectivity index (χ2n) is 3.03. The first-order valence-electron chi connectivity index (χ1n) is 4.48. The zero-order chi connectivity index (χ0) is 11.0. The molecule has 0 aliphatic carbocycles. The molecule has 3 aromatic heterocycles. The highest BCUT2D eigenvalue weighted by molar-refractivity contribution is 6.32. The van der Waals surface area contributed by atoms with E-state index in [0.29, 0.717) is 22.3 Å². The van der Waals surface area contributed by atoms with E-state index in [-0.39, 0.29) is 0 Å². The Morgan fingerprint density at radius 2 is 2.00 bits per heavy atom. The maximum Gasteiger partial charge on any atom is 0.198 e. The third-order valence-electron chi connectivity index (χ3n) is 2.08. The lowest BCUT2D eigenvalue weighted by atomic mass is 10.4. The van der Waals surface area contributed by atoms with Gasteiger partial charge in [-0.15, -0.1) is 10.2 Å². The molecule has 78 valence electrons. The Labute approximate surface area is 95.0 Å². The number of halogens is 1. The lowest BCUT2D eigenvalue weighted by molar-refractivity contribution is 1.07. The lowest BCUT2D eigenvalue weighted by Crippen LogP contribution is -1.93. The Morgan fingerprint density at radius 3 is 2.81 bits per heavy atom. The van der Waals surface area contributed by atoms with Gasteiger partial charge in [-0.3, -0.25) is 9.38 Å². The summed E-state index contributed by atoms with van der Waals surface area (Å²) in [7, 11) is 0. The van der Waals surface area contributed by atoms with Crippen LogP contribution >= 0.6 is 11.6 Å². The largest absolute Gasteiger partial charge is 0.277 e. The van der Waals surface area contributed by atoms with E-state index in [1.54, 1.807) is 35.4 Å². The molecular formula is C9H5ClN6. The molecule has 0 saturated heterocycles. The molecular weight excluding hydrogens is 228 g/mol. The van der Waals surface area contributed by atoms with E-state index in [2.05, 4.69) is 25.1 Å². The molecule has 0 atom stereocenters. The molecule has 3 aromatic rings. The van der Waals surface area contributed by atoms with Crippen LogP contribution in [0.5, 0.6) is 0 Å². The van der Waals surface area contributed by atoms with Crippen LogP contribution < -0.4 is 0 Å². The van der Waals surface area contributed by atoms with Gasteiger partial charge in [-0.1, -0.05) is 11.6 Å². The second-order valence-corrected chi connectivity index (χ2v) is 3.38. The average Bonchev–Trinajstić information content (AvgIpc) is 2.75. The van der Waals surface area contributed by atoms with Crippen molar-refractivity contribution in [2.45, 2.75) is 0 Å². The standard InChI is InChI=1S/C9H5ClN6/c10-7-9-15-14-8(16(9)4-3-13-7)6-5-11-1-2-12-6/h1-5H. The van der Waals surface area contributed by atoms with Gasteiger partial charge in [0.1, 0.15) is 5.69 Å². The molecule has 0 spiro atoms. The summed E-state index contributed by atoms with van der Waals surface area (Å²) < 4.78 is 1.72. The molecule has 3 heterocycles. The summed E-state index contributed by atoms with van der Waals surface area (Å²) in [6, 6.07) is 0. The molecule has 0 fully saturated rings. The minimum atomic E-state index is 0.310. The Balaban J connectivity index is 2.30. The van der Waals surface area contributed by atoms with Crippen LogP contribution in [-0.4, -0.2) is 29.5 Å². The normalized spacial score (nSPS) is 10.8. The summed E-state index contributed by atoms with van der Waals surface area (Å²) in [6.45, 7) is 0. The van der Waals surface area contributed by atoms with Gasteiger partial charge >= 0.3 is 0 Å². The monoisotopic (exact) mass is 232 g/mol. The van der Waals surface area contributed by atoms with Crippen LogP contribution in [0, 0.1) is 0 Å². The van der Waals surface area contributed by atoms with E-state index in [0.717, 1.165) is 0 Å². The summed E-state index contributed by atoms with van der Waals surface area (Å²) >= 11 is 5.89. The van der Waals surface area contributed by atoms with Crippen molar-refractivity contribution in [3.8, 4) is 11.5 Å². The van der Waals surface area contributed by atoms with Crippen LogP contribution in [0.25, 0.3) is 17.2 Å². The predicted octanol–water partition coefficient (Wildman–Crippen LogP) is 1.23. The third-order valence-corrected chi connectivity index (χ3v) is 2.34. The van der Waals surface area contributed by atoms with Crippen LogP contribution in [-0.2, 0) is 0 Å². The molecule has 7 heteroatoms. The van der Waals surface area contributed by atoms with Crippen molar-refractivity contribution < 1.29 is 0 Å².